The van der Waals surface area contributed by atoms with E-state index in [2.05, 4.69) is 16.0 Å². The highest BCUT2D eigenvalue weighted by Crippen LogP contribution is 2.33. The first kappa shape index (κ1) is 37.4. The summed E-state index contributed by atoms with van der Waals surface area (Å²) in [7, 11) is 0. The Labute approximate surface area is 286 Å². The predicted molar refractivity (Wildman–Crippen MR) is 190 cm³/mol. The molecule has 0 aliphatic carbocycles. The summed E-state index contributed by atoms with van der Waals surface area (Å²) in [6.45, 7) is 4.57. The molecule has 4 rings (SSSR count). The Morgan fingerprint density at radius 1 is 0.792 bits per heavy atom. The van der Waals surface area contributed by atoms with Gasteiger partial charge in [0.25, 0.3) is 0 Å². The van der Waals surface area contributed by atoms with Crippen LogP contribution in [0.3, 0.4) is 0 Å². The lowest BCUT2D eigenvalue weighted by Crippen LogP contribution is -2.51. The van der Waals surface area contributed by atoms with Crippen LogP contribution < -0.4 is 27.4 Å². The van der Waals surface area contributed by atoms with Gasteiger partial charge >= 0.3 is 0 Å². The van der Waals surface area contributed by atoms with Crippen LogP contribution in [0.25, 0.3) is 0 Å². The van der Waals surface area contributed by atoms with Crippen molar-refractivity contribution in [3.63, 3.8) is 0 Å². The number of carbonyl (C=O) groups excluding carboxylic acids is 4. The van der Waals surface area contributed by atoms with Gasteiger partial charge in [0.05, 0.1) is 18.1 Å². The molecule has 2 fully saturated rings. The molecule has 2 amide bonds. The molecule has 2 bridgehead atoms. The number of piperidine rings is 1. The summed E-state index contributed by atoms with van der Waals surface area (Å²) in [6.07, 6.45) is 7.93. The molecule has 6 atom stereocenters. The second-order valence-electron chi connectivity index (χ2n) is 14.5. The molecule has 0 spiro atoms. The summed E-state index contributed by atoms with van der Waals surface area (Å²) in [5, 5.41) is 9.64. The minimum Gasteiger partial charge on any atom is -0.346 e. The molecule has 0 radical (unpaired) electrons. The van der Waals surface area contributed by atoms with Gasteiger partial charge in [0.15, 0.2) is 11.6 Å². The number of rotatable bonds is 20. The maximum atomic E-state index is 14.0. The van der Waals surface area contributed by atoms with Crippen molar-refractivity contribution < 1.29 is 19.2 Å². The third-order valence-electron chi connectivity index (χ3n) is 9.91. The van der Waals surface area contributed by atoms with E-state index in [1.165, 1.54) is 12.8 Å². The maximum Gasteiger partial charge on any atom is 0.237 e. The molecule has 2 saturated heterocycles. The van der Waals surface area contributed by atoms with Gasteiger partial charge in [-0.1, -0.05) is 74.5 Å². The van der Waals surface area contributed by atoms with Crippen molar-refractivity contribution in [3.8, 4) is 0 Å². The van der Waals surface area contributed by atoms with Crippen LogP contribution in [-0.4, -0.2) is 60.1 Å². The number of amides is 2. The molecule has 2 aromatic rings. The van der Waals surface area contributed by atoms with Crippen LogP contribution >= 0.6 is 0 Å². The van der Waals surface area contributed by atoms with Crippen molar-refractivity contribution in [2.45, 2.75) is 121 Å². The fraction of sp³-hybridized carbons (Fsp3) is 0.590. The number of unbranched alkanes of at least 4 members (excludes halogenated alkanes) is 1. The Hall–Kier alpha value is -3.40. The normalized spacial score (nSPS) is 21.2. The van der Waals surface area contributed by atoms with Gasteiger partial charge in [-0.2, -0.15) is 0 Å². The number of ketones is 2. The van der Waals surface area contributed by atoms with Crippen LogP contribution in [0.2, 0.25) is 0 Å². The monoisotopic (exact) mass is 659 g/mol. The number of carbonyl (C=O) groups is 4. The van der Waals surface area contributed by atoms with Crippen molar-refractivity contribution in [2.75, 3.05) is 6.54 Å². The molecule has 2 heterocycles. The zero-order valence-corrected chi connectivity index (χ0v) is 28.9. The third kappa shape index (κ3) is 11.9. The van der Waals surface area contributed by atoms with Crippen molar-refractivity contribution in [2.24, 2.45) is 29.2 Å². The van der Waals surface area contributed by atoms with Crippen LogP contribution in [-0.2, 0) is 32.0 Å². The van der Waals surface area contributed by atoms with Gasteiger partial charge in [-0.05, 0) is 93.7 Å². The van der Waals surface area contributed by atoms with E-state index in [1.807, 2.05) is 74.5 Å². The van der Waals surface area contributed by atoms with Crippen molar-refractivity contribution in [1.29, 1.82) is 0 Å². The van der Waals surface area contributed by atoms with Gasteiger partial charge < -0.3 is 27.4 Å². The summed E-state index contributed by atoms with van der Waals surface area (Å²) in [5.74, 6) is -1.00. The molecule has 2 aromatic carbocycles. The Kier molecular flexibility index (Phi) is 14.8. The van der Waals surface area contributed by atoms with E-state index in [1.54, 1.807) is 0 Å². The highest BCUT2D eigenvalue weighted by molar-refractivity contribution is 5.95. The fourth-order valence-electron chi connectivity index (χ4n) is 7.44. The average Bonchev–Trinajstić information content (AvgIpc) is 3.41. The SMILES string of the molecule is CC(C)CC(CC(=O)C(Cc1ccccc1)NC(=O)C(N)Cc1ccccc1)C(=O)NC(CCCCN)C(=O)CC1CC2CCC(C1)N2. The maximum absolute atomic E-state index is 14.0. The smallest absolute Gasteiger partial charge is 0.237 e. The number of hydrogen-bond acceptors (Lipinski definition) is 7. The van der Waals surface area contributed by atoms with Gasteiger partial charge in [-0.25, -0.2) is 0 Å². The van der Waals surface area contributed by atoms with Gasteiger partial charge in [-0.3, -0.25) is 19.2 Å². The lowest BCUT2D eigenvalue weighted by atomic mass is 9.85. The Balaban J connectivity index is 1.45. The fourth-order valence-corrected chi connectivity index (χ4v) is 7.44. The Morgan fingerprint density at radius 2 is 1.38 bits per heavy atom. The molecule has 2 aliphatic rings. The first-order valence-corrected chi connectivity index (χ1v) is 18.1. The van der Waals surface area contributed by atoms with Crippen LogP contribution in [0.5, 0.6) is 0 Å². The van der Waals surface area contributed by atoms with E-state index in [4.69, 9.17) is 11.5 Å². The number of benzene rings is 2. The first-order valence-electron chi connectivity index (χ1n) is 18.1. The number of fused-ring (bicyclic) bond motifs is 2. The molecule has 0 saturated carbocycles. The predicted octanol–water partition coefficient (Wildman–Crippen LogP) is 4.01. The molecule has 9 heteroatoms. The molecule has 6 unspecified atom stereocenters. The second kappa shape index (κ2) is 19.0. The van der Waals surface area contributed by atoms with Crippen molar-refractivity contribution >= 4 is 23.4 Å². The summed E-state index contributed by atoms with van der Waals surface area (Å²) in [6, 6.07) is 17.8. The average molecular weight is 660 g/mol. The summed E-state index contributed by atoms with van der Waals surface area (Å²) >= 11 is 0. The molecule has 9 nitrogen and oxygen atoms in total. The molecular weight excluding hydrogens is 602 g/mol. The van der Waals surface area contributed by atoms with E-state index >= 15 is 0 Å². The number of hydrogen-bond donors (Lipinski definition) is 5. The quantitative estimate of drug-likeness (QED) is 0.135. The molecule has 7 N–H and O–H groups in total. The van der Waals surface area contributed by atoms with E-state index in [0.29, 0.717) is 50.2 Å². The number of nitrogens with one attached hydrogen (secondary N) is 3. The van der Waals surface area contributed by atoms with Gasteiger partial charge in [-0.15, -0.1) is 0 Å². The topological polar surface area (TPSA) is 156 Å². The summed E-state index contributed by atoms with van der Waals surface area (Å²) in [5.41, 5.74) is 13.9. The highest BCUT2D eigenvalue weighted by atomic mass is 16.2. The van der Waals surface area contributed by atoms with Crippen LogP contribution in [0, 0.1) is 17.8 Å². The zero-order valence-electron chi connectivity index (χ0n) is 28.9. The lowest BCUT2D eigenvalue weighted by Gasteiger charge is -2.30. The van der Waals surface area contributed by atoms with E-state index < -0.39 is 30.0 Å². The third-order valence-corrected chi connectivity index (χ3v) is 9.91. The van der Waals surface area contributed by atoms with Crippen molar-refractivity contribution in [3.05, 3.63) is 71.8 Å². The number of Topliss-reactive ketones (excluding diaryl/α,β-unsaturated/α-hetero) is 2. The van der Waals surface area contributed by atoms with Gasteiger partial charge in [0, 0.05) is 30.8 Å². The molecule has 0 aromatic heterocycles. The lowest BCUT2D eigenvalue weighted by molar-refractivity contribution is -0.134. The Morgan fingerprint density at radius 3 is 1.96 bits per heavy atom. The summed E-state index contributed by atoms with van der Waals surface area (Å²) < 4.78 is 0. The molecular formula is C39H57N5O4. The standard InChI is InChI=1S/C39H57N5O4/c1-26(2)19-30(38(47)43-34(15-9-10-18-40)36(45)24-29-20-31-16-17-32(21-29)42-31)25-37(46)35(23-28-13-7-4-8-14-28)44-39(48)33(41)22-27-11-5-3-6-12-27/h3-8,11-14,26,29-35,42H,9-10,15-25,40-41H2,1-2H3,(H,43,47)(H,44,48). The minimum atomic E-state index is -0.846. The Bertz CT molecular complexity index is 1310. The van der Waals surface area contributed by atoms with E-state index in [9.17, 15) is 19.2 Å². The van der Waals surface area contributed by atoms with Crippen LogP contribution in [0.4, 0.5) is 0 Å². The highest BCUT2D eigenvalue weighted by Gasteiger charge is 2.36. The summed E-state index contributed by atoms with van der Waals surface area (Å²) in [4.78, 5) is 54.9. The molecule has 2 aliphatic heterocycles. The second-order valence-corrected chi connectivity index (χ2v) is 14.5. The van der Waals surface area contributed by atoms with Crippen LogP contribution in [0.1, 0.15) is 89.2 Å². The van der Waals surface area contributed by atoms with Gasteiger partial charge in [0.2, 0.25) is 11.8 Å². The zero-order chi connectivity index (χ0) is 34.5. The molecule has 262 valence electrons. The number of nitrogens with two attached hydrogens (primary N) is 2. The van der Waals surface area contributed by atoms with Crippen molar-refractivity contribution in [1.82, 2.24) is 16.0 Å². The van der Waals surface area contributed by atoms with E-state index in [-0.39, 0.29) is 36.2 Å². The van der Waals surface area contributed by atoms with Crippen LogP contribution in [0.15, 0.2) is 60.7 Å². The minimum absolute atomic E-state index is 0.0446. The first-order chi connectivity index (χ1) is 23.1. The largest absolute Gasteiger partial charge is 0.346 e. The molecule has 48 heavy (non-hydrogen) atoms. The van der Waals surface area contributed by atoms with Gasteiger partial charge in [0.1, 0.15) is 0 Å². The van der Waals surface area contributed by atoms with E-state index in [0.717, 1.165) is 36.8 Å².